The number of hydrogen-bond donors (Lipinski definition) is 0. The Morgan fingerprint density at radius 3 is 2.29 bits per heavy atom. The third-order valence-corrected chi connectivity index (χ3v) is 6.47. The molecule has 0 spiro atoms. The Kier molecular flexibility index (Phi) is 3.57. The molecule has 0 bridgehead atoms. The van der Waals surface area contributed by atoms with Crippen molar-refractivity contribution in [3.8, 4) is 11.1 Å². The number of benzene rings is 2. The van der Waals surface area contributed by atoms with Crippen LogP contribution in [0.4, 0.5) is 5.69 Å². The lowest BCUT2D eigenvalue weighted by Crippen LogP contribution is -2.43. The monoisotopic (exact) mass is 342 g/mol. The average molecular weight is 342 g/mol. The van der Waals surface area contributed by atoms with Crippen LogP contribution in [0.2, 0.25) is 0 Å². The van der Waals surface area contributed by atoms with Gasteiger partial charge in [-0.05, 0) is 25.0 Å². The van der Waals surface area contributed by atoms with Crippen molar-refractivity contribution in [3.05, 3.63) is 48.5 Å². The van der Waals surface area contributed by atoms with Gasteiger partial charge in [0.25, 0.3) is 10.0 Å². The minimum absolute atomic E-state index is 0.134. The normalized spacial score (nSPS) is 18.2. The Bertz CT molecular complexity index is 902. The van der Waals surface area contributed by atoms with E-state index >= 15 is 0 Å². The van der Waals surface area contributed by atoms with Crippen molar-refractivity contribution >= 4 is 21.6 Å². The number of fused-ring (bicyclic) bond motifs is 3. The summed E-state index contributed by atoms with van der Waals surface area (Å²) in [5.41, 5.74) is 2.11. The van der Waals surface area contributed by atoms with Crippen LogP contribution in [0.3, 0.4) is 0 Å². The average Bonchev–Trinajstić information content (AvgIpc) is 3.13. The van der Waals surface area contributed by atoms with Crippen LogP contribution in [0, 0.1) is 0 Å². The molecule has 0 atom stereocenters. The fraction of sp³-hybridized carbons (Fsp3) is 0.278. The summed E-state index contributed by atoms with van der Waals surface area (Å²) in [5, 5.41) is 0. The minimum atomic E-state index is -3.74. The lowest BCUT2D eigenvalue weighted by Gasteiger charge is -2.32. The molecule has 2 aliphatic rings. The Balaban J connectivity index is 1.81. The molecule has 0 aromatic heterocycles. The summed E-state index contributed by atoms with van der Waals surface area (Å²) in [6.07, 6.45) is 1.97. The topological polar surface area (TPSA) is 57.7 Å². The van der Waals surface area contributed by atoms with Gasteiger partial charge in [-0.15, -0.1) is 0 Å². The smallest absolute Gasteiger partial charge is 0.265 e. The second kappa shape index (κ2) is 5.63. The van der Waals surface area contributed by atoms with E-state index in [1.165, 1.54) is 4.31 Å². The minimum Gasteiger partial charge on any atom is -0.341 e. The number of hydrogen-bond acceptors (Lipinski definition) is 3. The molecule has 5 nitrogen and oxygen atoms in total. The number of anilines is 1. The van der Waals surface area contributed by atoms with Crippen molar-refractivity contribution in [2.75, 3.05) is 23.9 Å². The maximum atomic E-state index is 13.1. The van der Waals surface area contributed by atoms with Gasteiger partial charge < -0.3 is 4.90 Å². The van der Waals surface area contributed by atoms with Crippen molar-refractivity contribution in [1.29, 1.82) is 0 Å². The highest BCUT2D eigenvalue weighted by atomic mass is 32.2. The highest BCUT2D eigenvalue weighted by molar-refractivity contribution is 7.93. The third kappa shape index (κ3) is 2.29. The van der Waals surface area contributed by atoms with E-state index in [9.17, 15) is 13.2 Å². The molecule has 1 saturated heterocycles. The molecule has 2 heterocycles. The number of likely N-dealkylation sites (tertiary alicyclic amines) is 1. The SMILES string of the molecule is O=C(CN1c2ccccc2-c2ccccc2S1(=O)=O)N1CCCC1. The number of carbonyl (C=O) groups is 1. The lowest BCUT2D eigenvalue weighted by atomic mass is 10.0. The summed E-state index contributed by atoms with van der Waals surface area (Å²) >= 11 is 0. The molecule has 2 aliphatic heterocycles. The van der Waals surface area contributed by atoms with Crippen molar-refractivity contribution in [2.24, 2.45) is 0 Å². The van der Waals surface area contributed by atoms with Crippen molar-refractivity contribution in [3.63, 3.8) is 0 Å². The van der Waals surface area contributed by atoms with Gasteiger partial charge in [0.2, 0.25) is 5.91 Å². The maximum Gasteiger partial charge on any atom is 0.265 e. The third-order valence-electron chi connectivity index (χ3n) is 4.66. The van der Waals surface area contributed by atoms with Crippen LogP contribution in [0.5, 0.6) is 0 Å². The standard InChI is InChI=1S/C18H18N2O3S/c21-18(19-11-5-6-12-19)13-20-16-9-3-1-7-14(16)15-8-2-4-10-17(15)24(20,22)23/h1-4,7-10H,5-6,11-13H2. The van der Waals surface area contributed by atoms with E-state index in [-0.39, 0.29) is 17.3 Å². The van der Waals surface area contributed by atoms with Gasteiger partial charge in [0.1, 0.15) is 6.54 Å². The summed E-state index contributed by atoms with van der Waals surface area (Å²) in [6.45, 7) is 1.28. The first-order valence-electron chi connectivity index (χ1n) is 8.08. The zero-order valence-electron chi connectivity index (χ0n) is 13.2. The summed E-state index contributed by atoms with van der Waals surface area (Å²) in [4.78, 5) is 14.6. The summed E-state index contributed by atoms with van der Waals surface area (Å²) in [6, 6.07) is 14.3. The van der Waals surface area contributed by atoms with E-state index in [2.05, 4.69) is 0 Å². The van der Waals surface area contributed by atoms with Gasteiger partial charge in [-0.1, -0.05) is 36.4 Å². The van der Waals surface area contributed by atoms with Gasteiger partial charge in [0.05, 0.1) is 10.6 Å². The van der Waals surface area contributed by atoms with Crippen LogP contribution in [-0.2, 0) is 14.8 Å². The first-order chi connectivity index (χ1) is 11.6. The summed E-state index contributed by atoms with van der Waals surface area (Å²) < 4.78 is 27.4. The molecule has 24 heavy (non-hydrogen) atoms. The van der Waals surface area contributed by atoms with Crippen LogP contribution < -0.4 is 4.31 Å². The highest BCUT2D eigenvalue weighted by Crippen LogP contribution is 2.42. The fourth-order valence-electron chi connectivity index (χ4n) is 3.44. The van der Waals surface area contributed by atoms with Gasteiger partial charge in [0.15, 0.2) is 0 Å². The molecule has 0 radical (unpaired) electrons. The Morgan fingerprint density at radius 1 is 0.917 bits per heavy atom. The Labute approximate surface area is 141 Å². The predicted octanol–water partition coefficient (Wildman–Crippen LogP) is 2.48. The molecule has 1 amide bonds. The number of rotatable bonds is 2. The zero-order valence-corrected chi connectivity index (χ0v) is 14.0. The maximum absolute atomic E-state index is 13.1. The van der Waals surface area contributed by atoms with E-state index in [0.29, 0.717) is 24.3 Å². The number of carbonyl (C=O) groups excluding carboxylic acids is 1. The second-order valence-corrected chi connectivity index (χ2v) is 7.94. The molecule has 0 saturated carbocycles. The molecule has 6 heteroatoms. The van der Waals surface area contributed by atoms with E-state index in [0.717, 1.165) is 18.4 Å². The molecule has 0 unspecified atom stereocenters. The number of para-hydroxylation sites is 1. The van der Waals surface area contributed by atoms with Crippen molar-refractivity contribution in [2.45, 2.75) is 17.7 Å². The molecular formula is C18H18N2O3S. The molecule has 4 rings (SSSR count). The molecule has 2 aromatic rings. The van der Waals surface area contributed by atoms with Crippen LogP contribution in [0.1, 0.15) is 12.8 Å². The van der Waals surface area contributed by atoms with E-state index in [1.54, 1.807) is 29.2 Å². The zero-order chi connectivity index (χ0) is 16.7. The van der Waals surface area contributed by atoms with Crippen LogP contribution in [-0.4, -0.2) is 38.9 Å². The number of amides is 1. The predicted molar refractivity (Wildman–Crippen MR) is 92.2 cm³/mol. The molecular weight excluding hydrogens is 324 g/mol. The lowest BCUT2D eigenvalue weighted by molar-refractivity contribution is -0.128. The first-order valence-corrected chi connectivity index (χ1v) is 9.52. The largest absolute Gasteiger partial charge is 0.341 e. The van der Waals surface area contributed by atoms with E-state index in [1.807, 2.05) is 24.3 Å². The van der Waals surface area contributed by atoms with Crippen molar-refractivity contribution in [1.82, 2.24) is 4.90 Å². The fourth-order valence-corrected chi connectivity index (χ4v) is 5.08. The Hall–Kier alpha value is -2.34. The van der Waals surface area contributed by atoms with E-state index < -0.39 is 10.0 Å². The van der Waals surface area contributed by atoms with Crippen LogP contribution in [0.15, 0.2) is 53.4 Å². The van der Waals surface area contributed by atoms with Crippen LogP contribution >= 0.6 is 0 Å². The number of nitrogens with zero attached hydrogens (tertiary/aromatic N) is 2. The highest BCUT2D eigenvalue weighted by Gasteiger charge is 2.36. The first kappa shape index (κ1) is 15.2. The summed E-state index contributed by atoms with van der Waals surface area (Å²) in [7, 11) is -3.74. The van der Waals surface area contributed by atoms with Gasteiger partial charge in [-0.25, -0.2) is 8.42 Å². The van der Waals surface area contributed by atoms with Crippen molar-refractivity contribution < 1.29 is 13.2 Å². The summed E-state index contributed by atoms with van der Waals surface area (Å²) in [5.74, 6) is -0.134. The molecule has 0 N–H and O–H groups in total. The molecule has 1 fully saturated rings. The van der Waals surface area contributed by atoms with E-state index in [4.69, 9.17) is 0 Å². The second-order valence-electron chi connectivity index (χ2n) is 6.11. The van der Waals surface area contributed by atoms with Crippen LogP contribution in [0.25, 0.3) is 11.1 Å². The van der Waals surface area contributed by atoms with Gasteiger partial charge >= 0.3 is 0 Å². The number of sulfonamides is 1. The molecule has 2 aromatic carbocycles. The Morgan fingerprint density at radius 2 is 1.54 bits per heavy atom. The van der Waals surface area contributed by atoms with Gasteiger partial charge in [-0.2, -0.15) is 0 Å². The van der Waals surface area contributed by atoms with Gasteiger partial charge in [0, 0.05) is 24.2 Å². The quantitative estimate of drug-likeness (QED) is 0.842. The molecule has 124 valence electrons. The molecule has 0 aliphatic carbocycles. The van der Waals surface area contributed by atoms with Gasteiger partial charge in [-0.3, -0.25) is 9.10 Å².